The van der Waals surface area contributed by atoms with Gasteiger partial charge in [0, 0.05) is 31.4 Å². The predicted octanol–water partition coefficient (Wildman–Crippen LogP) is 2.54. The Hall–Kier alpha value is -3.55. The summed E-state index contributed by atoms with van der Waals surface area (Å²) in [5, 5.41) is 6.61. The lowest BCUT2D eigenvalue weighted by Crippen LogP contribution is -2.38. The molecule has 1 heterocycles. The number of halogens is 2. The van der Waals surface area contributed by atoms with E-state index in [4.69, 9.17) is 0 Å². The van der Waals surface area contributed by atoms with Crippen LogP contribution in [0.3, 0.4) is 0 Å². The van der Waals surface area contributed by atoms with Crippen molar-refractivity contribution in [2.24, 2.45) is 0 Å². The Morgan fingerprint density at radius 2 is 1.89 bits per heavy atom. The van der Waals surface area contributed by atoms with Gasteiger partial charge in [0.05, 0.1) is 24.0 Å². The van der Waals surface area contributed by atoms with Crippen LogP contribution in [0.15, 0.2) is 60.9 Å². The van der Waals surface area contributed by atoms with Crippen molar-refractivity contribution < 1.29 is 18.4 Å². The largest absolute Gasteiger partial charge is 0.343 e. The van der Waals surface area contributed by atoms with Crippen molar-refractivity contribution in [1.82, 2.24) is 20.0 Å². The van der Waals surface area contributed by atoms with E-state index in [0.29, 0.717) is 12.6 Å². The Morgan fingerprint density at radius 3 is 2.61 bits per heavy atom. The molecule has 0 saturated carbocycles. The molecule has 0 bridgehead atoms. The second kappa shape index (κ2) is 8.43. The molecule has 0 spiro atoms. The van der Waals surface area contributed by atoms with Gasteiger partial charge in [-0.05, 0) is 24.3 Å². The van der Waals surface area contributed by atoms with E-state index in [9.17, 15) is 18.4 Å². The minimum atomic E-state index is -0.980. The highest BCUT2D eigenvalue weighted by molar-refractivity contribution is 5.96. The van der Waals surface area contributed by atoms with Gasteiger partial charge < -0.3 is 10.2 Å². The molecular weight excluding hydrogens is 366 g/mol. The fraction of sp³-hybridized carbons (Fsp3) is 0.150. The molecular formula is C20H18F2N4O2. The van der Waals surface area contributed by atoms with Gasteiger partial charge in [-0.2, -0.15) is 5.10 Å². The number of rotatable bonds is 6. The van der Waals surface area contributed by atoms with Crippen LogP contribution in [0.5, 0.6) is 0 Å². The molecule has 0 fully saturated rings. The van der Waals surface area contributed by atoms with Gasteiger partial charge in [0.25, 0.3) is 5.91 Å². The van der Waals surface area contributed by atoms with Gasteiger partial charge in [-0.1, -0.05) is 18.2 Å². The number of nitrogens with zero attached hydrogens (tertiary/aromatic N) is 3. The summed E-state index contributed by atoms with van der Waals surface area (Å²) < 4.78 is 28.2. The zero-order valence-corrected chi connectivity index (χ0v) is 15.1. The van der Waals surface area contributed by atoms with E-state index in [1.54, 1.807) is 17.9 Å². The van der Waals surface area contributed by atoms with Crippen LogP contribution in [0.25, 0.3) is 5.69 Å². The smallest absolute Gasteiger partial charge is 0.254 e. The lowest BCUT2D eigenvalue weighted by molar-refractivity contribution is -0.129. The number of hydrogen-bond acceptors (Lipinski definition) is 3. The highest BCUT2D eigenvalue weighted by Gasteiger charge is 2.16. The summed E-state index contributed by atoms with van der Waals surface area (Å²) >= 11 is 0. The second-order valence-electron chi connectivity index (χ2n) is 6.19. The molecule has 144 valence electrons. The van der Waals surface area contributed by atoms with Crippen molar-refractivity contribution >= 4 is 11.8 Å². The zero-order chi connectivity index (χ0) is 20.1. The third-order valence-corrected chi connectivity index (χ3v) is 4.08. The fourth-order valence-corrected chi connectivity index (χ4v) is 2.59. The molecule has 3 rings (SSSR count). The van der Waals surface area contributed by atoms with E-state index in [2.05, 4.69) is 10.4 Å². The minimum absolute atomic E-state index is 0.298. The van der Waals surface area contributed by atoms with Gasteiger partial charge >= 0.3 is 0 Å². The average molecular weight is 384 g/mol. The van der Waals surface area contributed by atoms with Gasteiger partial charge in [-0.3, -0.25) is 9.59 Å². The molecule has 0 aliphatic heterocycles. The lowest BCUT2D eigenvalue weighted by atomic mass is 10.2. The molecule has 2 aromatic carbocycles. The first-order valence-electron chi connectivity index (χ1n) is 8.50. The summed E-state index contributed by atoms with van der Waals surface area (Å²) in [4.78, 5) is 25.6. The van der Waals surface area contributed by atoms with Crippen LogP contribution in [0.1, 0.15) is 15.9 Å². The number of likely N-dealkylation sites (N-methyl/N-ethyl adjacent to an activating group) is 1. The van der Waals surface area contributed by atoms with Gasteiger partial charge in [-0.15, -0.1) is 0 Å². The molecule has 0 atom stereocenters. The highest BCUT2D eigenvalue weighted by atomic mass is 19.1. The molecule has 3 aromatic rings. The molecule has 1 aromatic heterocycles. The summed E-state index contributed by atoms with van der Waals surface area (Å²) in [5.74, 6) is -2.90. The molecule has 0 aliphatic carbocycles. The Labute approximate surface area is 160 Å². The van der Waals surface area contributed by atoms with E-state index in [0.717, 1.165) is 23.4 Å². The van der Waals surface area contributed by atoms with Crippen LogP contribution >= 0.6 is 0 Å². The minimum Gasteiger partial charge on any atom is -0.343 e. The predicted molar refractivity (Wildman–Crippen MR) is 98.7 cm³/mol. The van der Waals surface area contributed by atoms with Crippen LogP contribution < -0.4 is 5.32 Å². The first-order valence-corrected chi connectivity index (χ1v) is 8.50. The van der Waals surface area contributed by atoms with Crippen molar-refractivity contribution in [3.63, 3.8) is 0 Å². The Balaban J connectivity index is 1.55. The molecule has 1 N–H and O–H groups in total. The number of carbonyl (C=O) groups excluding carboxylic acids is 2. The molecule has 0 unspecified atom stereocenters. The Morgan fingerprint density at radius 1 is 1.14 bits per heavy atom. The second-order valence-corrected chi connectivity index (χ2v) is 6.19. The highest BCUT2D eigenvalue weighted by Crippen LogP contribution is 2.10. The van der Waals surface area contributed by atoms with Crippen molar-refractivity contribution in [3.8, 4) is 5.69 Å². The van der Waals surface area contributed by atoms with E-state index in [1.165, 1.54) is 4.90 Å². The standard InChI is InChI=1S/C20H18F2N4O2/c1-25(12-14-10-24-26(13-14)16-5-3-2-4-6-16)19(27)11-23-20(28)17-8-7-15(21)9-18(17)22/h2-10,13H,11-12H2,1H3,(H,23,28). The summed E-state index contributed by atoms with van der Waals surface area (Å²) in [7, 11) is 1.59. The number of carbonyl (C=O) groups is 2. The van der Waals surface area contributed by atoms with Crippen LogP contribution in [-0.2, 0) is 11.3 Å². The maximum Gasteiger partial charge on any atom is 0.254 e. The third-order valence-electron chi connectivity index (χ3n) is 4.08. The van der Waals surface area contributed by atoms with Crippen LogP contribution in [0, 0.1) is 11.6 Å². The number of aromatic nitrogens is 2. The maximum absolute atomic E-state index is 13.6. The first kappa shape index (κ1) is 19.2. The quantitative estimate of drug-likeness (QED) is 0.710. The van der Waals surface area contributed by atoms with E-state index < -0.39 is 17.5 Å². The maximum atomic E-state index is 13.6. The molecule has 0 radical (unpaired) electrons. The SMILES string of the molecule is CN(Cc1cnn(-c2ccccc2)c1)C(=O)CNC(=O)c1ccc(F)cc1F. The third kappa shape index (κ3) is 4.59. The molecule has 28 heavy (non-hydrogen) atoms. The van der Waals surface area contributed by atoms with Gasteiger partial charge in [0.1, 0.15) is 11.6 Å². The van der Waals surface area contributed by atoms with Gasteiger partial charge in [0.2, 0.25) is 5.91 Å². The number of benzene rings is 2. The van der Waals surface area contributed by atoms with Crippen molar-refractivity contribution in [1.29, 1.82) is 0 Å². The Kier molecular flexibility index (Phi) is 5.78. The molecule has 8 heteroatoms. The number of para-hydroxylation sites is 1. The van der Waals surface area contributed by atoms with Crippen LogP contribution in [0.2, 0.25) is 0 Å². The van der Waals surface area contributed by atoms with E-state index in [-0.39, 0.29) is 18.0 Å². The number of amides is 2. The summed E-state index contributed by atoms with van der Waals surface area (Å²) in [6.45, 7) is -0.00851. The molecule has 2 amide bonds. The number of hydrogen-bond donors (Lipinski definition) is 1. The lowest BCUT2D eigenvalue weighted by Gasteiger charge is -2.16. The first-order chi connectivity index (χ1) is 13.4. The van der Waals surface area contributed by atoms with E-state index >= 15 is 0 Å². The summed E-state index contributed by atoms with van der Waals surface area (Å²) in [5.41, 5.74) is 1.40. The van der Waals surface area contributed by atoms with E-state index in [1.807, 2.05) is 36.5 Å². The van der Waals surface area contributed by atoms with Crippen molar-refractivity contribution in [3.05, 3.63) is 83.7 Å². The van der Waals surface area contributed by atoms with Gasteiger partial charge in [0.15, 0.2) is 0 Å². The summed E-state index contributed by atoms with van der Waals surface area (Å²) in [6.07, 6.45) is 3.47. The molecule has 6 nitrogen and oxygen atoms in total. The molecule has 0 aliphatic rings. The van der Waals surface area contributed by atoms with Gasteiger partial charge in [-0.25, -0.2) is 13.5 Å². The topological polar surface area (TPSA) is 67.2 Å². The average Bonchev–Trinajstić information content (AvgIpc) is 3.15. The Bertz CT molecular complexity index is 989. The normalized spacial score (nSPS) is 10.5. The molecule has 0 saturated heterocycles. The fourth-order valence-electron chi connectivity index (χ4n) is 2.59. The van der Waals surface area contributed by atoms with Crippen molar-refractivity contribution in [2.45, 2.75) is 6.54 Å². The number of nitrogens with one attached hydrogen (secondary N) is 1. The van der Waals surface area contributed by atoms with Crippen LogP contribution in [-0.4, -0.2) is 40.1 Å². The van der Waals surface area contributed by atoms with Crippen LogP contribution in [0.4, 0.5) is 8.78 Å². The van der Waals surface area contributed by atoms with Crippen molar-refractivity contribution in [2.75, 3.05) is 13.6 Å². The zero-order valence-electron chi connectivity index (χ0n) is 15.1. The summed E-state index contributed by atoms with van der Waals surface area (Å²) in [6, 6.07) is 12.2. The monoisotopic (exact) mass is 384 g/mol.